The lowest BCUT2D eigenvalue weighted by atomic mass is 10.1. The van der Waals surface area contributed by atoms with Crippen LogP contribution in [0.2, 0.25) is 5.02 Å². The second-order valence-corrected chi connectivity index (χ2v) is 4.87. The third-order valence-electron chi connectivity index (χ3n) is 2.88. The molecule has 20 heavy (non-hydrogen) atoms. The summed E-state index contributed by atoms with van der Waals surface area (Å²) in [5.74, 6) is -0.185. The average Bonchev–Trinajstić information content (AvgIpc) is 2.86. The predicted molar refractivity (Wildman–Crippen MR) is 76.7 cm³/mol. The van der Waals surface area contributed by atoms with Gasteiger partial charge in [0.15, 0.2) is 0 Å². The van der Waals surface area contributed by atoms with E-state index in [1.54, 1.807) is 37.2 Å². The summed E-state index contributed by atoms with van der Waals surface area (Å²) in [7, 11) is 3.36. The molecule has 106 valence electrons. The number of halogens is 1. The molecule has 1 N–H and O–H groups in total. The number of hydrogen-bond donors (Lipinski definition) is 1. The summed E-state index contributed by atoms with van der Waals surface area (Å²) < 4.78 is 6.75. The van der Waals surface area contributed by atoms with E-state index in [1.807, 2.05) is 12.1 Å². The molecule has 1 atom stereocenters. The zero-order valence-electron chi connectivity index (χ0n) is 11.3. The van der Waals surface area contributed by atoms with E-state index in [2.05, 4.69) is 10.4 Å². The van der Waals surface area contributed by atoms with E-state index in [1.165, 1.54) is 6.20 Å². The van der Waals surface area contributed by atoms with Gasteiger partial charge in [0, 0.05) is 25.4 Å². The number of hydrogen-bond acceptors (Lipinski definition) is 3. The van der Waals surface area contributed by atoms with Crippen LogP contribution in [0.15, 0.2) is 36.7 Å². The second kappa shape index (κ2) is 6.54. The molecule has 6 heteroatoms. The van der Waals surface area contributed by atoms with Crippen LogP contribution in [0.25, 0.3) is 0 Å². The van der Waals surface area contributed by atoms with Gasteiger partial charge in [-0.2, -0.15) is 5.10 Å². The fourth-order valence-corrected chi connectivity index (χ4v) is 1.99. The smallest absolute Gasteiger partial charge is 0.255 e. The fraction of sp³-hybridized carbons (Fsp3) is 0.286. The molecular formula is C14H16ClN3O2. The number of rotatable bonds is 5. The van der Waals surface area contributed by atoms with E-state index in [0.29, 0.717) is 17.2 Å². The van der Waals surface area contributed by atoms with Crippen LogP contribution < -0.4 is 5.32 Å². The highest BCUT2D eigenvalue weighted by Crippen LogP contribution is 2.17. The summed E-state index contributed by atoms with van der Waals surface area (Å²) in [6.45, 7) is 0.383. The number of aromatic nitrogens is 2. The standard InChI is InChI=1S/C14H16ClN3O2/c1-18-8-11(7-16-18)14(19)17-13(9-20-2)10-3-5-12(15)6-4-10/h3-8,13H,9H2,1-2H3,(H,17,19)/t13-/m0/s1. The zero-order valence-corrected chi connectivity index (χ0v) is 12.1. The minimum absolute atomic E-state index is 0.185. The van der Waals surface area contributed by atoms with Gasteiger partial charge in [0.1, 0.15) is 0 Å². The first kappa shape index (κ1) is 14.6. The Morgan fingerprint density at radius 3 is 2.70 bits per heavy atom. The Hall–Kier alpha value is -1.85. The molecular weight excluding hydrogens is 278 g/mol. The Bertz CT molecular complexity index is 580. The van der Waals surface area contributed by atoms with Crippen molar-refractivity contribution >= 4 is 17.5 Å². The van der Waals surface area contributed by atoms with Crippen molar-refractivity contribution in [3.8, 4) is 0 Å². The largest absolute Gasteiger partial charge is 0.382 e. The highest BCUT2D eigenvalue weighted by atomic mass is 35.5. The third-order valence-corrected chi connectivity index (χ3v) is 3.13. The van der Waals surface area contributed by atoms with Crippen molar-refractivity contribution in [1.82, 2.24) is 15.1 Å². The van der Waals surface area contributed by atoms with Crippen molar-refractivity contribution in [1.29, 1.82) is 0 Å². The maximum Gasteiger partial charge on any atom is 0.255 e. The van der Waals surface area contributed by atoms with Gasteiger partial charge in [-0.15, -0.1) is 0 Å². The Labute approximate surface area is 122 Å². The van der Waals surface area contributed by atoms with Gasteiger partial charge in [-0.1, -0.05) is 23.7 Å². The number of carbonyl (C=O) groups is 1. The molecule has 0 bridgehead atoms. The molecule has 0 aliphatic carbocycles. The molecule has 1 aromatic carbocycles. The molecule has 1 amide bonds. The molecule has 0 saturated carbocycles. The molecule has 1 heterocycles. The summed E-state index contributed by atoms with van der Waals surface area (Å²) in [4.78, 5) is 12.1. The first-order valence-electron chi connectivity index (χ1n) is 6.14. The zero-order chi connectivity index (χ0) is 14.5. The minimum atomic E-state index is -0.232. The molecule has 0 fully saturated rings. The van der Waals surface area contributed by atoms with Gasteiger partial charge in [0.25, 0.3) is 5.91 Å². The van der Waals surface area contributed by atoms with Crippen molar-refractivity contribution in [2.24, 2.45) is 7.05 Å². The summed E-state index contributed by atoms with van der Waals surface area (Å²) in [6.07, 6.45) is 3.20. The number of carbonyl (C=O) groups excluding carboxylic acids is 1. The van der Waals surface area contributed by atoms with Gasteiger partial charge in [0.2, 0.25) is 0 Å². The molecule has 0 spiro atoms. The van der Waals surface area contributed by atoms with Crippen LogP contribution in [0.1, 0.15) is 22.0 Å². The topological polar surface area (TPSA) is 56.1 Å². The number of amides is 1. The molecule has 5 nitrogen and oxygen atoms in total. The lowest BCUT2D eigenvalue weighted by Crippen LogP contribution is -2.31. The summed E-state index contributed by atoms with van der Waals surface area (Å²) in [6, 6.07) is 7.08. The molecule has 0 aliphatic heterocycles. The van der Waals surface area contributed by atoms with Gasteiger partial charge in [-0.05, 0) is 17.7 Å². The third kappa shape index (κ3) is 3.59. The predicted octanol–water partition coefficient (Wildman–Crippen LogP) is 2.19. The van der Waals surface area contributed by atoms with Gasteiger partial charge < -0.3 is 10.1 Å². The molecule has 2 rings (SSSR count). The summed E-state index contributed by atoms with van der Waals surface area (Å²) >= 11 is 5.87. The maximum absolute atomic E-state index is 12.1. The molecule has 0 radical (unpaired) electrons. The van der Waals surface area contributed by atoms with Crippen molar-refractivity contribution in [3.05, 3.63) is 52.8 Å². The number of ether oxygens (including phenoxy) is 1. The number of nitrogens with zero attached hydrogens (tertiary/aromatic N) is 2. The monoisotopic (exact) mass is 293 g/mol. The summed E-state index contributed by atoms with van der Waals surface area (Å²) in [5.41, 5.74) is 1.45. The van der Waals surface area contributed by atoms with Crippen molar-refractivity contribution in [2.75, 3.05) is 13.7 Å². The minimum Gasteiger partial charge on any atom is -0.382 e. The van der Waals surface area contributed by atoms with E-state index in [-0.39, 0.29) is 11.9 Å². The highest BCUT2D eigenvalue weighted by molar-refractivity contribution is 6.30. The van der Waals surface area contributed by atoms with Gasteiger partial charge in [-0.3, -0.25) is 9.48 Å². The number of methoxy groups -OCH3 is 1. The van der Waals surface area contributed by atoms with E-state index >= 15 is 0 Å². The summed E-state index contributed by atoms with van der Waals surface area (Å²) in [5, 5.41) is 7.56. The quantitative estimate of drug-likeness (QED) is 0.919. The van der Waals surface area contributed by atoms with Crippen LogP contribution in [0, 0.1) is 0 Å². The first-order chi connectivity index (χ1) is 9.60. The molecule has 1 aromatic heterocycles. The van der Waals surface area contributed by atoms with Crippen LogP contribution in [-0.2, 0) is 11.8 Å². The lowest BCUT2D eigenvalue weighted by Gasteiger charge is -2.18. The Morgan fingerprint density at radius 2 is 2.15 bits per heavy atom. The molecule has 0 unspecified atom stereocenters. The normalized spacial score (nSPS) is 12.2. The number of benzene rings is 1. The van der Waals surface area contributed by atoms with Crippen LogP contribution in [0.5, 0.6) is 0 Å². The Morgan fingerprint density at radius 1 is 1.45 bits per heavy atom. The van der Waals surface area contributed by atoms with Crippen LogP contribution >= 0.6 is 11.6 Å². The van der Waals surface area contributed by atoms with Crippen molar-refractivity contribution in [2.45, 2.75) is 6.04 Å². The maximum atomic E-state index is 12.1. The van der Waals surface area contributed by atoms with Crippen LogP contribution in [0.3, 0.4) is 0 Å². The Kier molecular flexibility index (Phi) is 4.76. The van der Waals surface area contributed by atoms with Gasteiger partial charge >= 0.3 is 0 Å². The molecule has 0 saturated heterocycles. The van der Waals surface area contributed by atoms with E-state index in [4.69, 9.17) is 16.3 Å². The first-order valence-corrected chi connectivity index (χ1v) is 6.52. The van der Waals surface area contributed by atoms with Gasteiger partial charge in [0.05, 0.1) is 24.4 Å². The van der Waals surface area contributed by atoms with Crippen molar-refractivity contribution in [3.63, 3.8) is 0 Å². The molecule has 0 aliphatic rings. The van der Waals surface area contributed by atoms with E-state index in [9.17, 15) is 4.79 Å². The molecule has 2 aromatic rings. The van der Waals surface area contributed by atoms with Crippen LogP contribution in [0.4, 0.5) is 0 Å². The fourth-order valence-electron chi connectivity index (χ4n) is 1.86. The number of aryl methyl sites for hydroxylation is 1. The van der Waals surface area contributed by atoms with Crippen molar-refractivity contribution < 1.29 is 9.53 Å². The Balaban J connectivity index is 2.13. The van der Waals surface area contributed by atoms with E-state index in [0.717, 1.165) is 5.56 Å². The lowest BCUT2D eigenvalue weighted by molar-refractivity contribution is 0.0896. The van der Waals surface area contributed by atoms with E-state index < -0.39 is 0 Å². The van der Waals surface area contributed by atoms with Gasteiger partial charge in [-0.25, -0.2) is 0 Å². The number of nitrogens with one attached hydrogen (secondary N) is 1. The highest BCUT2D eigenvalue weighted by Gasteiger charge is 2.16. The second-order valence-electron chi connectivity index (χ2n) is 4.44. The SMILES string of the molecule is COC[C@H](NC(=O)c1cnn(C)c1)c1ccc(Cl)cc1. The van der Waals surface area contributed by atoms with Crippen LogP contribution in [-0.4, -0.2) is 29.4 Å². The average molecular weight is 294 g/mol.